The molecule has 2 saturated heterocycles. The van der Waals surface area contributed by atoms with E-state index in [-0.39, 0.29) is 0 Å². The Morgan fingerprint density at radius 1 is 1.28 bits per heavy atom. The highest BCUT2D eigenvalue weighted by molar-refractivity contribution is 4.95. The zero-order valence-corrected chi connectivity index (χ0v) is 12.3. The third kappa shape index (κ3) is 3.69. The summed E-state index contributed by atoms with van der Waals surface area (Å²) in [5.41, 5.74) is 0. The summed E-state index contributed by atoms with van der Waals surface area (Å²) < 4.78 is 5.29. The summed E-state index contributed by atoms with van der Waals surface area (Å²) in [7, 11) is 1.81. The van der Waals surface area contributed by atoms with Crippen molar-refractivity contribution in [1.82, 2.24) is 10.2 Å². The van der Waals surface area contributed by atoms with E-state index in [1.54, 1.807) is 0 Å². The van der Waals surface area contributed by atoms with Crippen LogP contribution in [0.4, 0.5) is 0 Å². The Morgan fingerprint density at radius 2 is 1.94 bits per heavy atom. The van der Waals surface area contributed by atoms with Crippen molar-refractivity contribution in [2.24, 2.45) is 5.92 Å². The molecule has 0 saturated carbocycles. The second-order valence-corrected chi connectivity index (χ2v) is 6.32. The highest BCUT2D eigenvalue weighted by Gasteiger charge is 2.35. The lowest BCUT2D eigenvalue weighted by Crippen LogP contribution is -2.49. The van der Waals surface area contributed by atoms with Gasteiger partial charge >= 0.3 is 0 Å². The Bertz CT molecular complexity index is 235. The van der Waals surface area contributed by atoms with Gasteiger partial charge in [-0.15, -0.1) is 0 Å². The molecule has 2 rings (SSSR count). The molecule has 2 aliphatic rings. The largest absolute Gasteiger partial charge is 0.384 e. The van der Waals surface area contributed by atoms with Crippen molar-refractivity contribution in [3.8, 4) is 0 Å². The van der Waals surface area contributed by atoms with Crippen LogP contribution in [0.2, 0.25) is 0 Å². The van der Waals surface area contributed by atoms with Crippen LogP contribution in [0.1, 0.15) is 46.0 Å². The van der Waals surface area contributed by atoms with E-state index in [2.05, 4.69) is 24.1 Å². The molecule has 2 aliphatic heterocycles. The number of ether oxygens (including phenoxy) is 1. The van der Waals surface area contributed by atoms with Gasteiger partial charge in [-0.25, -0.2) is 0 Å². The van der Waals surface area contributed by atoms with Crippen molar-refractivity contribution in [3.05, 3.63) is 0 Å². The highest BCUT2D eigenvalue weighted by Crippen LogP contribution is 2.30. The molecule has 3 unspecified atom stereocenters. The van der Waals surface area contributed by atoms with E-state index in [4.69, 9.17) is 4.74 Å². The first-order chi connectivity index (χ1) is 8.72. The van der Waals surface area contributed by atoms with E-state index in [0.717, 1.165) is 24.7 Å². The first-order valence-corrected chi connectivity index (χ1v) is 7.72. The summed E-state index contributed by atoms with van der Waals surface area (Å²) in [5.74, 6) is 0.647. The first-order valence-electron chi connectivity index (χ1n) is 7.72. The maximum Gasteiger partial charge on any atom is 0.0500 e. The van der Waals surface area contributed by atoms with Crippen LogP contribution in [0.15, 0.2) is 0 Å². The maximum absolute atomic E-state index is 5.29. The number of nitrogens with zero attached hydrogens (tertiary/aromatic N) is 1. The molecule has 0 radical (unpaired) electrons. The van der Waals surface area contributed by atoms with Gasteiger partial charge in [-0.3, -0.25) is 4.90 Å². The molecule has 0 aromatic carbocycles. The Morgan fingerprint density at radius 3 is 2.50 bits per heavy atom. The molecular formula is C15H30N2O. The molecule has 3 heteroatoms. The zero-order valence-electron chi connectivity index (χ0n) is 12.3. The molecule has 3 nitrogen and oxygen atoms in total. The molecule has 0 spiro atoms. The van der Waals surface area contributed by atoms with Gasteiger partial charge in [-0.2, -0.15) is 0 Å². The molecule has 18 heavy (non-hydrogen) atoms. The first kappa shape index (κ1) is 14.3. The third-order valence-electron chi connectivity index (χ3n) is 4.47. The highest BCUT2D eigenvalue weighted by atomic mass is 16.5. The maximum atomic E-state index is 5.29. The van der Waals surface area contributed by atoms with E-state index < -0.39 is 0 Å². The number of nitrogens with one attached hydrogen (secondary N) is 1. The quantitative estimate of drug-likeness (QED) is 0.754. The molecule has 0 aromatic heterocycles. The predicted octanol–water partition coefficient (Wildman–Crippen LogP) is 2.26. The molecule has 2 fully saturated rings. The van der Waals surface area contributed by atoms with Crippen LogP contribution >= 0.6 is 0 Å². The lowest BCUT2D eigenvalue weighted by Gasteiger charge is -2.39. The minimum absolute atomic E-state index is 0.647. The van der Waals surface area contributed by atoms with Crippen molar-refractivity contribution < 1.29 is 4.74 Å². The summed E-state index contributed by atoms with van der Waals surface area (Å²) in [6, 6.07) is 2.40. The average molecular weight is 254 g/mol. The minimum atomic E-state index is 0.647. The lowest BCUT2D eigenvalue weighted by molar-refractivity contribution is 0.0890. The third-order valence-corrected chi connectivity index (χ3v) is 4.47. The molecule has 1 N–H and O–H groups in total. The summed E-state index contributed by atoms with van der Waals surface area (Å²) in [6.45, 7) is 7.94. The number of fused-ring (bicyclic) bond motifs is 2. The number of hydrogen-bond acceptors (Lipinski definition) is 3. The van der Waals surface area contributed by atoms with Crippen molar-refractivity contribution in [2.75, 3.05) is 26.8 Å². The smallest absolute Gasteiger partial charge is 0.0500 e. The van der Waals surface area contributed by atoms with E-state index in [1.807, 2.05) is 7.11 Å². The van der Waals surface area contributed by atoms with Gasteiger partial charge in [0.2, 0.25) is 0 Å². The Balaban J connectivity index is 1.88. The van der Waals surface area contributed by atoms with Gasteiger partial charge < -0.3 is 10.1 Å². The second-order valence-electron chi connectivity index (χ2n) is 6.32. The van der Waals surface area contributed by atoms with Gasteiger partial charge in [-0.05, 0) is 44.6 Å². The van der Waals surface area contributed by atoms with Gasteiger partial charge in [0.25, 0.3) is 0 Å². The molecule has 0 aromatic rings. The van der Waals surface area contributed by atoms with Gasteiger partial charge in [0.1, 0.15) is 0 Å². The van der Waals surface area contributed by atoms with Crippen molar-refractivity contribution >= 4 is 0 Å². The predicted molar refractivity (Wildman–Crippen MR) is 75.9 cm³/mol. The average Bonchev–Trinajstić information content (AvgIpc) is 2.68. The van der Waals surface area contributed by atoms with Crippen molar-refractivity contribution in [1.29, 1.82) is 0 Å². The fraction of sp³-hybridized carbons (Fsp3) is 1.00. The van der Waals surface area contributed by atoms with E-state index in [9.17, 15) is 0 Å². The summed E-state index contributed by atoms with van der Waals surface area (Å²) in [4.78, 5) is 2.73. The van der Waals surface area contributed by atoms with Crippen LogP contribution in [0, 0.1) is 5.92 Å². The van der Waals surface area contributed by atoms with Crippen LogP contribution in [0.5, 0.6) is 0 Å². The van der Waals surface area contributed by atoms with Crippen LogP contribution in [-0.4, -0.2) is 49.8 Å². The van der Waals surface area contributed by atoms with E-state index in [1.165, 1.54) is 45.2 Å². The molecule has 2 bridgehead atoms. The summed E-state index contributed by atoms with van der Waals surface area (Å²) in [6.07, 6.45) is 6.77. The van der Waals surface area contributed by atoms with Crippen molar-refractivity contribution in [2.45, 2.75) is 64.1 Å². The molecular weight excluding hydrogens is 224 g/mol. The number of hydrogen-bond donors (Lipinski definition) is 1. The van der Waals surface area contributed by atoms with Gasteiger partial charge in [0, 0.05) is 38.4 Å². The standard InChI is InChI=1S/C15H30N2O/c1-4-7-17(10-12(2)11-18-3)15-8-13-5-6-14(9-15)16-13/h12-16H,4-11H2,1-3H3. The number of rotatable bonds is 7. The molecule has 0 aliphatic carbocycles. The topological polar surface area (TPSA) is 24.5 Å². The Hall–Kier alpha value is -0.120. The fourth-order valence-electron chi connectivity index (χ4n) is 3.77. The fourth-order valence-corrected chi connectivity index (χ4v) is 3.77. The van der Waals surface area contributed by atoms with Crippen molar-refractivity contribution in [3.63, 3.8) is 0 Å². The van der Waals surface area contributed by atoms with Gasteiger partial charge in [-0.1, -0.05) is 13.8 Å². The molecule has 0 amide bonds. The Labute approximate surface area is 112 Å². The summed E-state index contributed by atoms with van der Waals surface area (Å²) in [5, 5.41) is 3.74. The van der Waals surface area contributed by atoms with Crippen LogP contribution < -0.4 is 5.32 Å². The Kier molecular flexibility index (Phi) is 5.46. The normalized spacial score (nSPS) is 33.0. The zero-order chi connectivity index (χ0) is 13.0. The molecule has 106 valence electrons. The van der Waals surface area contributed by atoms with E-state index in [0.29, 0.717) is 5.92 Å². The molecule has 2 heterocycles. The van der Waals surface area contributed by atoms with Crippen LogP contribution in [-0.2, 0) is 4.74 Å². The minimum Gasteiger partial charge on any atom is -0.384 e. The molecule has 3 atom stereocenters. The number of methoxy groups -OCH3 is 1. The lowest BCUT2D eigenvalue weighted by atomic mass is 9.97. The monoisotopic (exact) mass is 254 g/mol. The SMILES string of the molecule is CCCN(CC(C)COC)C1CC2CCC(C1)N2. The van der Waals surface area contributed by atoms with Gasteiger partial charge in [0.15, 0.2) is 0 Å². The van der Waals surface area contributed by atoms with E-state index >= 15 is 0 Å². The summed E-state index contributed by atoms with van der Waals surface area (Å²) >= 11 is 0. The second kappa shape index (κ2) is 6.88. The van der Waals surface area contributed by atoms with Gasteiger partial charge in [0.05, 0.1) is 0 Å². The number of piperidine rings is 1. The van der Waals surface area contributed by atoms with Crippen LogP contribution in [0.3, 0.4) is 0 Å². The van der Waals surface area contributed by atoms with Crippen LogP contribution in [0.25, 0.3) is 0 Å².